The smallest absolute Gasteiger partial charge is 0.379 e. The lowest BCUT2D eigenvalue weighted by Gasteiger charge is -2.05. The summed E-state index contributed by atoms with van der Waals surface area (Å²) < 4.78 is 10.5. The molecule has 1 N–H and O–H groups in total. The van der Waals surface area contributed by atoms with Crippen molar-refractivity contribution in [1.82, 2.24) is 0 Å². The van der Waals surface area contributed by atoms with E-state index in [2.05, 4.69) is 0 Å². The van der Waals surface area contributed by atoms with E-state index in [4.69, 9.17) is 5.11 Å². The highest BCUT2D eigenvalue weighted by Gasteiger charge is 2.29. The van der Waals surface area contributed by atoms with Gasteiger partial charge in [0.25, 0.3) is 0 Å². The molecule has 2 atom stereocenters. The minimum Gasteiger partial charge on any atom is -0.617 e. The first-order chi connectivity index (χ1) is 5.45. The number of carboxylic acids is 1. The topological polar surface area (TPSA) is 104 Å². The zero-order valence-corrected chi connectivity index (χ0v) is 7.24. The summed E-state index contributed by atoms with van der Waals surface area (Å²) in [5.74, 6) is -1.44. The second-order valence-electron chi connectivity index (χ2n) is 2.21. The Hall–Kier alpha value is -0.820. The van der Waals surface area contributed by atoms with E-state index in [1.807, 2.05) is 0 Å². The van der Waals surface area contributed by atoms with Gasteiger partial charge in [0.1, 0.15) is 5.75 Å². The molecule has 0 bridgehead atoms. The van der Waals surface area contributed by atoms with Crippen LogP contribution in [0.5, 0.6) is 0 Å². The summed E-state index contributed by atoms with van der Waals surface area (Å²) >= 11 is -1.19. The van der Waals surface area contributed by atoms with Crippen molar-refractivity contribution >= 4 is 17.1 Å². The van der Waals surface area contributed by atoms with Crippen LogP contribution >= 0.6 is 0 Å². The van der Waals surface area contributed by atoms with E-state index >= 15 is 0 Å². The van der Waals surface area contributed by atoms with E-state index < -0.39 is 28.1 Å². The summed E-state index contributed by atoms with van der Waals surface area (Å²) in [4.78, 5) is 19.4. The number of rotatable bonds is 5. The van der Waals surface area contributed by atoms with Crippen LogP contribution in [0.1, 0.15) is 6.42 Å². The summed E-state index contributed by atoms with van der Waals surface area (Å²) in [6, 6.07) is -1.63. The van der Waals surface area contributed by atoms with Crippen LogP contribution in [0.3, 0.4) is 0 Å². The summed E-state index contributed by atoms with van der Waals surface area (Å²) in [5, 5.41) is 18.4. The normalized spacial score (nSPS) is 15.2. The Labute approximate surface area is 71.9 Å². The van der Waals surface area contributed by atoms with Crippen LogP contribution in [0.2, 0.25) is 0 Å². The van der Waals surface area contributed by atoms with Crippen molar-refractivity contribution in [3.05, 3.63) is 10.1 Å². The molecule has 7 heteroatoms. The van der Waals surface area contributed by atoms with Gasteiger partial charge in [-0.05, 0) is 0 Å². The standard InChI is InChI=1S/C5H9NO5S/c1-12(11)3-2-4(5(7)8)6(9)10/h4H,2-3H2,1H3,(H,7,8). The molecule has 0 amide bonds. The van der Waals surface area contributed by atoms with Gasteiger partial charge in [0.2, 0.25) is 0 Å². The molecule has 0 aromatic heterocycles. The van der Waals surface area contributed by atoms with Crippen LogP contribution in [0.4, 0.5) is 0 Å². The lowest BCUT2D eigenvalue weighted by atomic mass is 10.2. The minimum atomic E-state index is -1.63. The SMILES string of the molecule is C[S+]([O-])CCC(C(=O)O)[N+](=O)[O-]. The van der Waals surface area contributed by atoms with E-state index in [0.717, 1.165) is 0 Å². The summed E-state index contributed by atoms with van der Waals surface area (Å²) in [7, 11) is 0. The van der Waals surface area contributed by atoms with Gasteiger partial charge in [-0.3, -0.25) is 10.1 Å². The highest BCUT2D eigenvalue weighted by Crippen LogP contribution is 2.00. The Morgan fingerprint density at radius 2 is 2.25 bits per heavy atom. The summed E-state index contributed by atoms with van der Waals surface area (Å²) in [5.41, 5.74) is 0. The molecule has 0 aromatic carbocycles. The lowest BCUT2D eigenvalue weighted by molar-refractivity contribution is -0.510. The van der Waals surface area contributed by atoms with Crippen molar-refractivity contribution in [1.29, 1.82) is 0 Å². The van der Waals surface area contributed by atoms with Crippen molar-refractivity contribution in [2.75, 3.05) is 12.0 Å². The van der Waals surface area contributed by atoms with E-state index in [0.29, 0.717) is 0 Å². The molecule has 0 aliphatic heterocycles. The largest absolute Gasteiger partial charge is 0.617 e. The molecule has 2 unspecified atom stereocenters. The summed E-state index contributed by atoms with van der Waals surface area (Å²) in [6.45, 7) is 0. The number of nitro groups is 1. The molecule has 70 valence electrons. The van der Waals surface area contributed by atoms with Crippen LogP contribution in [-0.4, -0.2) is 38.6 Å². The molecule has 0 aliphatic rings. The summed E-state index contributed by atoms with van der Waals surface area (Å²) in [6.07, 6.45) is 1.18. The Morgan fingerprint density at radius 3 is 2.50 bits per heavy atom. The molecule has 0 spiro atoms. The van der Waals surface area contributed by atoms with Gasteiger partial charge in [0.05, 0.1) is 12.7 Å². The van der Waals surface area contributed by atoms with Crippen LogP contribution < -0.4 is 0 Å². The maximum Gasteiger partial charge on any atom is 0.379 e. The average molecular weight is 195 g/mol. The number of hydrogen-bond acceptors (Lipinski definition) is 4. The van der Waals surface area contributed by atoms with Gasteiger partial charge in [-0.2, -0.15) is 0 Å². The first-order valence-corrected chi connectivity index (χ1v) is 4.84. The molecule has 0 saturated heterocycles. The zero-order valence-electron chi connectivity index (χ0n) is 6.43. The Kier molecular flexibility index (Phi) is 4.60. The van der Waals surface area contributed by atoms with Gasteiger partial charge in [0, 0.05) is 4.92 Å². The highest BCUT2D eigenvalue weighted by atomic mass is 32.2. The third-order valence-corrected chi connectivity index (χ3v) is 2.03. The molecular formula is C5H9NO5S. The van der Waals surface area contributed by atoms with Gasteiger partial charge in [0.15, 0.2) is 0 Å². The predicted molar refractivity (Wildman–Crippen MR) is 42.0 cm³/mol. The van der Waals surface area contributed by atoms with Gasteiger partial charge >= 0.3 is 12.0 Å². The molecule has 0 aliphatic carbocycles. The van der Waals surface area contributed by atoms with Crippen LogP contribution in [0.15, 0.2) is 0 Å². The van der Waals surface area contributed by atoms with Crippen molar-refractivity contribution in [3.8, 4) is 0 Å². The Bertz CT molecular complexity index is 169. The van der Waals surface area contributed by atoms with Crippen LogP contribution in [-0.2, 0) is 16.0 Å². The maximum absolute atomic E-state index is 10.5. The molecule has 0 heterocycles. The van der Waals surface area contributed by atoms with Crippen molar-refractivity contribution < 1.29 is 19.4 Å². The number of carbonyl (C=O) groups is 1. The number of carboxylic acid groups (broad SMARTS) is 1. The fraction of sp³-hybridized carbons (Fsp3) is 0.800. The highest BCUT2D eigenvalue weighted by molar-refractivity contribution is 7.90. The first-order valence-electron chi connectivity index (χ1n) is 3.11. The molecule has 0 saturated carbocycles. The second-order valence-corrected chi connectivity index (χ2v) is 3.76. The van der Waals surface area contributed by atoms with E-state index in [1.165, 1.54) is 6.26 Å². The second kappa shape index (κ2) is 4.94. The fourth-order valence-electron chi connectivity index (χ4n) is 0.597. The third kappa shape index (κ3) is 4.14. The monoisotopic (exact) mass is 195 g/mol. The molecule has 0 aromatic rings. The molecule has 6 nitrogen and oxygen atoms in total. The Balaban J connectivity index is 3.97. The minimum absolute atomic E-state index is 0.0396. The molecule has 0 radical (unpaired) electrons. The predicted octanol–water partition coefficient (Wildman–Crippen LogP) is -0.515. The maximum atomic E-state index is 10.5. The third-order valence-electron chi connectivity index (χ3n) is 1.22. The molecule has 12 heavy (non-hydrogen) atoms. The average Bonchev–Trinajstić information content (AvgIpc) is 1.84. The van der Waals surface area contributed by atoms with E-state index in [-0.39, 0.29) is 12.2 Å². The van der Waals surface area contributed by atoms with Gasteiger partial charge in [-0.25, -0.2) is 4.79 Å². The lowest BCUT2D eigenvalue weighted by Crippen LogP contribution is -2.31. The van der Waals surface area contributed by atoms with Crippen LogP contribution in [0.25, 0.3) is 0 Å². The first kappa shape index (κ1) is 11.2. The van der Waals surface area contributed by atoms with E-state index in [9.17, 15) is 19.5 Å². The molecule has 0 rings (SSSR count). The van der Waals surface area contributed by atoms with Gasteiger partial charge in [-0.1, -0.05) is 11.2 Å². The molecular weight excluding hydrogens is 186 g/mol. The number of nitrogens with zero attached hydrogens (tertiary/aromatic N) is 1. The van der Waals surface area contributed by atoms with E-state index in [1.54, 1.807) is 0 Å². The zero-order chi connectivity index (χ0) is 9.72. The van der Waals surface area contributed by atoms with Crippen molar-refractivity contribution in [2.24, 2.45) is 0 Å². The van der Waals surface area contributed by atoms with Crippen LogP contribution in [0, 0.1) is 10.1 Å². The van der Waals surface area contributed by atoms with Gasteiger partial charge < -0.3 is 9.66 Å². The fourth-order valence-corrected chi connectivity index (χ4v) is 1.15. The van der Waals surface area contributed by atoms with Crippen molar-refractivity contribution in [2.45, 2.75) is 12.5 Å². The number of hydrogen-bond donors (Lipinski definition) is 1. The van der Waals surface area contributed by atoms with Gasteiger partial charge in [-0.15, -0.1) is 0 Å². The number of aliphatic carboxylic acids is 1. The van der Waals surface area contributed by atoms with Crippen molar-refractivity contribution in [3.63, 3.8) is 0 Å². The quantitative estimate of drug-likeness (QED) is 0.361. The molecule has 0 fully saturated rings. The Morgan fingerprint density at radius 1 is 1.75 bits per heavy atom.